The molecular weight excluding hydrogens is 186 g/mol. The van der Waals surface area contributed by atoms with Crippen molar-refractivity contribution in [3.05, 3.63) is 0 Å². The molecule has 1 rings (SSSR count). The van der Waals surface area contributed by atoms with Crippen LogP contribution in [-0.2, 0) is 4.74 Å². The first kappa shape index (κ1) is 12.5. The van der Waals surface area contributed by atoms with Gasteiger partial charge in [-0.25, -0.2) is 0 Å². The highest BCUT2D eigenvalue weighted by Gasteiger charge is 2.22. The third kappa shape index (κ3) is 4.68. The second-order valence-corrected chi connectivity index (χ2v) is 4.03. The Bertz CT molecular complexity index is 210. The summed E-state index contributed by atoms with van der Waals surface area (Å²) >= 11 is 0. The van der Waals surface area contributed by atoms with Crippen LogP contribution in [0.4, 0.5) is 0 Å². The number of ether oxygens (including phenoxy) is 1. The zero-order valence-electron chi connectivity index (χ0n) is 10.0. The monoisotopic (exact) mass is 209 g/mol. The van der Waals surface area contributed by atoms with Crippen LogP contribution in [-0.4, -0.2) is 25.3 Å². The van der Waals surface area contributed by atoms with Gasteiger partial charge in [-0.1, -0.05) is 6.92 Å². The first-order chi connectivity index (χ1) is 7.38. The molecule has 1 saturated heterocycles. The Morgan fingerprint density at radius 3 is 2.93 bits per heavy atom. The van der Waals surface area contributed by atoms with Crippen LogP contribution < -0.4 is 5.32 Å². The molecule has 0 bridgehead atoms. The van der Waals surface area contributed by atoms with Crippen molar-refractivity contribution in [3.8, 4) is 11.8 Å². The maximum atomic E-state index is 5.81. The summed E-state index contributed by atoms with van der Waals surface area (Å²) in [7, 11) is 0. The van der Waals surface area contributed by atoms with Gasteiger partial charge in [-0.05, 0) is 39.2 Å². The van der Waals surface area contributed by atoms with E-state index in [-0.39, 0.29) is 0 Å². The van der Waals surface area contributed by atoms with Gasteiger partial charge >= 0.3 is 0 Å². The van der Waals surface area contributed by atoms with E-state index in [1.54, 1.807) is 0 Å². The smallest absolute Gasteiger partial charge is 0.0728 e. The summed E-state index contributed by atoms with van der Waals surface area (Å²) in [6, 6.07) is 0.496. The molecule has 0 aliphatic carbocycles. The van der Waals surface area contributed by atoms with Crippen molar-refractivity contribution in [2.75, 3.05) is 13.2 Å². The lowest BCUT2D eigenvalue weighted by atomic mass is 9.98. The highest BCUT2D eigenvalue weighted by molar-refractivity contribution is 4.96. The molecular formula is C13H23NO. The Morgan fingerprint density at radius 1 is 1.47 bits per heavy atom. The number of hydrogen-bond acceptors (Lipinski definition) is 2. The van der Waals surface area contributed by atoms with E-state index in [0.29, 0.717) is 12.1 Å². The molecule has 2 heteroatoms. The molecule has 0 aromatic rings. The van der Waals surface area contributed by atoms with Crippen molar-refractivity contribution < 1.29 is 4.74 Å². The second kappa shape index (κ2) is 7.73. The maximum Gasteiger partial charge on any atom is 0.0728 e. The minimum absolute atomic E-state index is 0.414. The molecule has 86 valence electrons. The lowest BCUT2D eigenvalue weighted by molar-refractivity contribution is -0.00861. The van der Waals surface area contributed by atoms with Gasteiger partial charge in [0.1, 0.15) is 0 Å². The van der Waals surface area contributed by atoms with Crippen molar-refractivity contribution in [3.63, 3.8) is 0 Å². The third-order valence-electron chi connectivity index (χ3n) is 2.89. The highest BCUT2D eigenvalue weighted by Crippen LogP contribution is 2.18. The number of nitrogens with one attached hydrogen (secondary N) is 1. The minimum Gasteiger partial charge on any atom is -0.377 e. The van der Waals surface area contributed by atoms with E-state index in [4.69, 9.17) is 4.74 Å². The Balaban J connectivity index is 2.35. The predicted octanol–water partition coefficient (Wildman–Crippen LogP) is 2.34. The van der Waals surface area contributed by atoms with Crippen molar-refractivity contribution in [2.24, 2.45) is 0 Å². The minimum atomic E-state index is 0.414. The largest absolute Gasteiger partial charge is 0.377 e. The normalized spacial score (nSPS) is 22.9. The first-order valence-corrected chi connectivity index (χ1v) is 6.13. The molecule has 0 saturated carbocycles. The third-order valence-corrected chi connectivity index (χ3v) is 2.89. The topological polar surface area (TPSA) is 21.3 Å². The van der Waals surface area contributed by atoms with Crippen molar-refractivity contribution in [1.82, 2.24) is 5.32 Å². The lowest BCUT2D eigenvalue weighted by Gasteiger charge is -2.30. The van der Waals surface area contributed by atoms with E-state index in [2.05, 4.69) is 24.1 Å². The van der Waals surface area contributed by atoms with Gasteiger partial charge in [-0.3, -0.25) is 0 Å². The van der Waals surface area contributed by atoms with E-state index < -0.39 is 0 Å². The number of rotatable bonds is 5. The summed E-state index contributed by atoms with van der Waals surface area (Å²) < 4.78 is 5.81. The van der Waals surface area contributed by atoms with E-state index in [1.165, 1.54) is 19.3 Å². The van der Waals surface area contributed by atoms with E-state index in [9.17, 15) is 0 Å². The first-order valence-electron chi connectivity index (χ1n) is 6.13. The average molecular weight is 209 g/mol. The maximum absolute atomic E-state index is 5.81. The van der Waals surface area contributed by atoms with Crippen LogP contribution in [0.15, 0.2) is 0 Å². The van der Waals surface area contributed by atoms with Crippen LogP contribution in [0.2, 0.25) is 0 Å². The molecule has 1 fully saturated rings. The average Bonchev–Trinajstić information content (AvgIpc) is 2.29. The Labute approximate surface area is 93.8 Å². The van der Waals surface area contributed by atoms with Crippen LogP contribution in [0.25, 0.3) is 0 Å². The fourth-order valence-electron chi connectivity index (χ4n) is 2.12. The highest BCUT2D eigenvalue weighted by atomic mass is 16.5. The van der Waals surface area contributed by atoms with Crippen LogP contribution in [0.3, 0.4) is 0 Å². The molecule has 1 N–H and O–H groups in total. The molecule has 1 aliphatic heterocycles. The predicted molar refractivity (Wildman–Crippen MR) is 63.7 cm³/mol. The van der Waals surface area contributed by atoms with Crippen molar-refractivity contribution in [1.29, 1.82) is 0 Å². The summed E-state index contributed by atoms with van der Waals surface area (Å²) in [6.45, 7) is 6.01. The fraction of sp³-hybridized carbons (Fsp3) is 0.846. The van der Waals surface area contributed by atoms with Gasteiger partial charge in [-0.2, -0.15) is 0 Å². The molecule has 0 radical (unpaired) electrons. The van der Waals surface area contributed by atoms with E-state index >= 15 is 0 Å². The molecule has 2 nitrogen and oxygen atoms in total. The van der Waals surface area contributed by atoms with Crippen LogP contribution in [0.5, 0.6) is 0 Å². The Kier molecular flexibility index (Phi) is 6.47. The van der Waals surface area contributed by atoms with Gasteiger partial charge in [0.2, 0.25) is 0 Å². The summed E-state index contributed by atoms with van der Waals surface area (Å²) in [5.41, 5.74) is 0. The Hall–Kier alpha value is -0.520. The van der Waals surface area contributed by atoms with Crippen LogP contribution in [0, 0.1) is 11.8 Å². The van der Waals surface area contributed by atoms with Gasteiger partial charge in [0.25, 0.3) is 0 Å². The van der Waals surface area contributed by atoms with Gasteiger partial charge < -0.3 is 10.1 Å². The molecule has 0 aromatic heterocycles. The fourth-order valence-corrected chi connectivity index (χ4v) is 2.12. The number of likely N-dealkylation sites (N-methyl/N-ethyl adjacent to an activating group) is 1. The van der Waals surface area contributed by atoms with Crippen molar-refractivity contribution >= 4 is 0 Å². The summed E-state index contributed by atoms with van der Waals surface area (Å²) in [5, 5.41) is 3.52. The van der Waals surface area contributed by atoms with E-state index in [1.807, 2.05) is 6.92 Å². The van der Waals surface area contributed by atoms with Crippen LogP contribution >= 0.6 is 0 Å². The molecule has 1 heterocycles. The zero-order valence-corrected chi connectivity index (χ0v) is 10.0. The molecule has 15 heavy (non-hydrogen) atoms. The summed E-state index contributed by atoms with van der Waals surface area (Å²) in [4.78, 5) is 0. The van der Waals surface area contributed by atoms with E-state index in [0.717, 1.165) is 26.0 Å². The molecule has 2 unspecified atom stereocenters. The Morgan fingerprint density at radius 2 is 2.33 bits per heavy atom. The number of hydrogen-bond donors (Lipinski definition) is 1. The zero-order chi connectivity index (χ0) is 10.9. The molecule has 1 aliphatic rings. The van der Waals surface area contributed by atoms with Gasteiger partial charge in [-0.15, -0.1) is 11.8 Å². The van der Waals surface area contributed by atoms with Gasteiger partial charge in [0.05, 0.1) is 6.10 Å². The standard InChI is InChI=1S/C13H23NO/c1-3-5-6-9-12(14-4-2)13-10-7-8-11-15-13/h12-14H,4,6-11H2,1-2H3. The quantitative estimate of drug-likeness (QED) is 0.702. The summed E-state index contributed by atoms with van der Waals surface area (Å²) in [6.07, 6.45) is 6.25. The molecule has 0 amide bonds. The molecule has 0 aromatic carbocycles. The van der Waals surface area contributed by atoms with Gasteiger partial charge in [0.15, 0.2) is 0 Å². The molecule has 2 atom stereocenters. The summed E-state index contributed by atoms with van der Waals surface area (Å²) in [5.74, 6) is 6.08. The van der Waals surface area contributed by atoms with Gasteiger partial charge in [0, 0.05) is 19.1 Å². The second-order valence-electron chi connectivity index (χ2n) is 4.03. The van der Waals surface area contributed by atoms with Crippen molar-refractivity contribution in [2.45, 2.75) is 58.1 Å². The SMILES string of the molecule is CC#CCCC(NCC)C1CCCCO1. The lowest BCUT2D eigenvalue weighted by Crippen LogP contribution is -2.42. The molecule has 0 spiro atoms. The van der Waals surface area contributed by atoms with Crippen LogP contribution in [0.1, 0.15) is 46.0 Å².